The lowest BCUT2D eigenvalue weighted by molar-refractivity contribution is -0.384. The average molecular weight is 321 g/mol. The topological polar surface area (TPSA) is 122 Å². The number of aliphatic carboxylic acids is 1. The summed E-state index contributed by atoms with van der Waals surface area (Å²) in [4.78, 5) is 33.2. The van der Waals surface area contributed by atoms with Crippen molar-refractivity contribution in [3.8, 4) is 0 Å². The van der Waals surface area contributed by atoms with Crippen LogP contribution in [0.1, 0.15) is 36.0 Å². The summed E-state index contributed by atoms with van der Waals surface area (Å²) in [6.45, 7) is 0. The molecular formula is C15H19N3O5. The van der Waals surface area contributed by atoms with Gasteiger partial charge in [0.05, 0.1) is 16.4 Å². The Morgan fingerprint density at radius 2 is 1.91 bits per heavy atom. The molecule has 1 aromatic rings. The van der Waals surface area contributed by atoms with Crippen molar-refractivity contribution in [2.24, 2.45) is 5.92 Å². The molecule has 8 nitrogen and oxygen atoms in total. The van der Waals surface area contributed by atoms with Gasteiger partial charge in [-0.2, -0.15) is 0 Å². The molecule has 0 radical (unpaired) electrons. The number of nitrogens with one attached hydrogen (secondary N) is 2. The predicted molar refractivity (Wildman–Crippen MR) is 83.5 cm³/mol. The third kappa shape index (κ3) is 3.97. The number of rotatable bonds is 5. The number of hydrogen-bond donors (Lipinski definition) is 3. The number of carbonyl (C=O) groups is 2. The number of nitro benzene ring substituents is 1. The Labute approximate surface area is 133 Å². The standard InChI is InChI=1S/C15H19N3O5/c1-16-14(19)12-8-11(18(22)23)6-7-13(12)17-10-4-2-9(3-5-10)15(20)21/h6-10,17H,2-5H2,1H3,(H,16,19)(H,20,21). The van der Waals surface area contributed by atoms with E-state index in [0.717, 1.165) is 0 Å². The molecule has 1 amide bonds. The normalized spacial score (nSPS) is 20.6. The third-order valence-electron chi connectivity index (χ3n) is 4.12. The monoisotopic (exact) mass is 321 g/mol. The SMILES string of the molecule is CNC(=O)c1cc([N+](=O)[O-])ccc1NC1CCC(C(=O)O)CC1. The van der Waals surface area contributed by atoms with Crippen LogP contribution in [0, 0.1) is 16.0 Å². The first-order valence-corrected chi connectivity index (χ1v) is 7.42. The predicted octanol–water partition coefficient (Wildman–Crippen LogP) is 2.01. The van der Waals surface area contributed by atoms with Gasteiger partial charge < -0.3 is 15.7 Å². The van der Waals surface area contributed by atoms with Crippen LogP contribution in [0.5, 0.6) is 0 Å². The van der Waals surface area contributed by atoms with E-state index in [4.69, 9.17) is 5.11 Å². The van der Waals surface area contributed by atoms with E-state index in [-0.39, 0.29) is 23.2 Å². The highest BCUT2D eigenvalue weighted by Gasteiger charge is 2.27. The molecule has 8 heteroatoms. The average Bonchev–Trinajstić information content (AvgIpc) is 2.54. The molecule has 124 valence electrons. The molecule has 0 spiro atoms. The number of hydrogen-bond acceptors (Lipinski definition) is 5. The molecule has 0 bridgehead atoms. The maximum atomic E-state index is 11.9. The van der Waals surface area contributed by atoms with Crippen molar-refractivity contribution < 1.29 is 19.6 Å². The summed E-state index contributed by atoms with van der Waals surface area (Å²) in [5, 5.41) is 25.6. The molecule has 1 fully saturated rings. The van der Waals surface area contributed by atoms with Gasteiger partial charge in [-0.15, -0.1) is 0 Å². The van der Waals surface area contributed by atoms with Crippen molar-refractivity contribution >= 4 is 23.3 Å². The van der Waals surface area contributed by atoms with E-state index in [1.165, 1.54) is 25.2 Å². The van der Waals surface area contributed by atoms with Crippen LogP contribution in [-0.2, 0) is 4.79 Å². The molecule has 1 saturated carbocycles. The molecule has 0 aromatic heterocycles. The van der Waals surface area contributed by atoms with Gasteiger partial charge in [0.1, 0.15) is 0 Å². The fourth-order valence-electron chi connectivity index (χ4n) is 2.80. The number of non-ortho nitro benzene ring substituents is 1. The molecule has 0 atom stereocenters. The molecule has 1 aliphatic rings. The number of nitrogens with zero attached hydrogens (tertiary/aromatic N) is 1. The quantitative estimate of drug-likeness (QED) is 0.563. The number of carboxylic acid groups (broad SMARTS) is 1. The van der Waals surface area contributed by atoms with Crippen LogP contribution < -0.4 is 10.6 Å². The van der Waals surface area contributed by atoms with Crippen molar-refractivity contribution in [3.05, 3.63) is 33.9 Å². The summed E-state index contributed by atoms with van der Waals surface area (Å²) in [6, 6.07) is 4.16. The zero-order valence-electron chi connectivity index (χ0n) is 12.7. The minimum Gasteiger partial charge on any atom is -0.481 e. The Hall–Kier alpha value is -2.64. The van der Waals surface area contributed by atoms with E-state index in [9.17, 15) is 19.7 Å². The van der Waals surface area contributed by atoms with E-state index in [2.05, 4.69) is 10.6 Å². The van der Waals surface area contributed by atoms with Crippen molar-refractivity contribution in [1.29, 1.82) is 0 Å². The molecule has 1 aromatic carbocycles. The van der Waals surface area contributed by atoms with Crippen molar-refractivity contribution in [2.45, 2.75) is 31.7 Å². The van der Waals surface area contributed by atoms with Gasteiger partial charge in [0, 0.05) is 30.9 Å². The van der Waals surface area contributed by atoms with Gasteiger partial charge in [-0.05, 0) is 31.7 Å². The van der Waals surface area contributed by atoms with Crippen LogP contribution in [0.25, 0.3) is 0 Å². The van der Waals surface area contributed by atoms with Gasteiger partial charge in [-0.1, -0.05) is 0 Å². The fraction of sp³-hybridized carbons (Fsp3) is 0.467. The second-order valence-corrected chi connectivity index (χ2v) is 5.60. The molecular weight excluding hydrogens is 302 g/mol. The van der Waals surface area contributed by atoms with Gasteiger partial charge in [0.15, 0.2) is 0 Å². The Kier molecular flexibility index (Phi) is 5.15. The van der Waals surface area contributed by atoms with Gasteiger partial charge in [-0.3, -0.25) is 19.7 Å². The minimum absolute atomic E-state index is 0.0514. The maximum absolute atomic E-state index is 11.9. The summed E-state index contributed by atoms with van der Waals surface area (Å²) < 4.78 is 0. The first-order valence-electron chi connectivity index (χ1n) is 7.42. The molecule has 0 saturated heterocycles. The first-order chi connectivity index (χ1) is 10.9. The molecule has 3 N–H and O–H groups in total. The highest BCUT2D eigenvalue weighted by molar-refractivity contribution is 6.00. The van der Waals surface area contributed by atoms with Gasteiger partial charge in [0.25, 0.3) is 11.6 Å². The lowest BCUT2D eigenvalue weighted by Crippen LogP contribution is -2.30. The zero-order chi connectivity index (χ0) is 17.0. The Balaban J connectivity index is 2.15. The van der Waals surface area contributed by atoms with Gasteiger partial charge >= 0.3 is 5.97 Å². The van der Waals surface area contributed by atoms with Crippen molar-refractivity contribution in [3.63, 3.8) is 0 Å². The van der Waals surface area contributed by atoms with Crippen molar-refractivity contribution in [1.82, 2.24) is 5.32 Å². The molecule has 23 heavy (non-hydrogen) atoms. The van der Waals surface area contributed by atoms with E-state index in [1.807, 2.05) is 0 Å². The molecule has 0 aliphatic heterocycles. The molecule has 1 aliphatic carbocycles. The first kappa shape index (κ1) is 16.7. The molecule has 0 heterocycles. The number of carboxylic acids is 1. The van der Waals surface area contributed by atoms with Gasteiger partial charge in [-0.25, -0.2) is 0 Å². The van der Waals surface area contributed by atoms with E-state index >= 15 is 0 Å². The van der Waals surface area contributed by atoms with E-state index in [1.54, 1.807) is 0 Å². The second kappa shape index (κ2) is 7.08. The Bertz CT molecular complexity index is 624. The number of anilines is 1. The number of amides is 1. The minimum atomic E-state index is -0.773. The maximum Gasteiger partial charge on any atom is 0.306 e. The van der Waals surface area contributed by atoms with Crippen LogP contribution in [0.3, 0.4) is 0 Å². The summed E-state index contributed by atoms with van der Waals surface area (Å²) in [5.74, 6) is -1.50. The fourth-order valence-corrected chi connectivity index (χ4v) is 2.80. The van der Waals surface area contributed by atoms with Crippen LogP contribution >= 0.6 is 0 Å². The smallest absolute Gasteiger partial charge is 0.306 e. The zero-order valence-corrected chi connectivity index (χ0v) is 12.7. The van der Waals surface area contributed by atoms with Crippen LogP contribution in [0.15, 0.2) is 18.2 Å². The number of carbonyl (C=O) groups excluding carboxylic acids is 1. The lowest BCUT2D eigenvalue weighted by Gasteiger charge is -2.28. The second-order valence-electron chi connectivity index (χ2n) is 5.60. The number of benzene rings is 1. The Morgan fingerprint density at radius 1 is 1.26 bits per heavy atom. The van der Waals surface area contributed by atoms with Crippen LogP contribution in [-0.4, -0.2) is 35.0 Å². The lowest BCUT2D eigenvalue weighted by atomic mass is 9.86. The Morgan fingerprint density at radius 3 is 2.43 bits per heavy atom. The summed E-state index contributed by atoms with van der Waals surface area (Å²) >= 11 is 0. The van der Waals surface area contributed by atoms with E-state index < -0.39 is 16.8 Å². The summed E-state index contributed by atoms with van der Waals surface area (Å²) in [7, 11) is 1.46. The summed E-state index contributed by atoms with van der Waals surface area (Å²) in [5.41, 5.74) is 0.583. The number of nitro groups is 1. The van der Waals surface area contributed by atoms with Crippen LogP contribution in [0.2, 0.25) is 0 Å². The molecule has 0 unspecified atom stereocenters. The van der Waals surface area contributed by atoms with E-state index in [0.29, 0.717) is 31.4 Å². The highest BCUT2D eigenvalue weighted by atomic mass is 16.6. The summed E-state index contributed by atoms with van der Waals surface area (Å²) in [6.07, 6.45) is 2.52. The largest absolute Gasteiger partial charge is 0.481 e. The van der Waals surface area contributed by atoms with Crippen LogP contribution in [0.4, 0.5) is 11.4 Å². The third-order valence-corrected chi connectivity index (χ3v) is 4.12. The van der Waals surface area contributed by atoms with Gasteiger partial charge in [0.2, 0.25) is 0 Å². The highest BCUT2D eigenvalue weighted by Crippen LogP contribution is 2.29. The molecule has 2 rings (SSSR count). The van der Waals surface area contributed by atoms with Crippen molar-refractivity contribution in [2.75, 3.05) is 12.4 Å².